The Morgan fingerprint density at radius 1 is 1.22 bits per heavy atom. The summed E-state index contributed by atoms with van der Waals surface area (Å²) in [5.74, 6) is -0.430. The van der Waals surface area contributed by atoms with Gasteiger partial charge < -0.3 is 9.88 Å². The van der Waals surface area contributed by atoms with E-state index in [2.05, 4.69) is 10.1 Å². The van der Waals surface area contributed by atoms with Crippen LogP contribution >= 0.6 is 0 Å². The van der Waals surface area contributed by atoms with Gasteiger partial charge in [-0.05, 0) is 18.9 Å². The SMILES string of the molecule is CC(C)(C)c1ccc(=O)n(CC2CCCN2C(=O)c2cc(=O)[nH]c(=O)[nH]2)n1. The minimum Gasteiger partial charge on any atom is -0.333 e. The molecule has 27 heavy (non-hydrogen) atoms. The van der Waals surface area contributed by atoms with Gasteiger partial charge in [0.15, 0.2) is 0 Å². The fourth-order valence-electron chi connectivity index (χ4n) is 3.21. The van der Waals surface area contributed by atoms with Gasteiger partial charge in [0.05, 0.1) is 18.3 Å². The summed E-state index contributed by atoms with van der Waals surface area (Å²) in [5.41, 5.74) is -1.06. The predicted octanol–water partition coefficient (Wildman–Crippen LogP) is 0.222. The molecule has 0 aliphatic carbocycles. The zero-order valence-electron chi connectivity index (χ0n) is 15.6. The number of H-pyrrole nitrogens is 2. The van der Waals surface area contributed by atoms with Crippen molar-refractivity contribution < 1.29 is 4.79 Å². The topological polar surface area (TPSA) is 121 Å². The largest absolute Gasteiger partial charge is 0.333 e. The van der Waals surface area contributed by atoms with Crippen molar-refractivity contribution in [1.82, 2.24) is 24.6 Å². The van der Waals surface area contributed by atoms with Crippen molar-refractivity contribution in [1.29, 1.82) is 0 Å². The molecule has 0 bridgehead atoms. The smallest absolute Gasteiger partial charge is 0.326 e. The van der Waals surface area contributed by atoms with Crippen LogP contribution in [0.1, 0.15) is 49.8 Å². The zero-order chi connectivity index (χ0) is 19.8. The van der Waals surface area contributed by atoms with Crippen LogP contribution < -0.4 is 16.8 Å². The Morgan fingerprint density at radius 3 is 2.63 bits per heavy atom. The summed E-state index contributed by atoms with van der Waals surface area (Å²) in [6, 6.07) is 4.05. The second-order valence-electron chi connectivity index (χ2n) is 7.78. The molecular formula is C18H23N5O4. The third-order valence-electron chi connectivity index (χ3n) is 4.65. The second kappa shape index (κ2) is 6.98. The van der Waals surface area contributed by atoms with Gasteiger partial charge >= 0.3 is 5.69 Å². The number of rotatable bonds is 3. The molecule has 1 aliphatic heterocycles. The molecule has 1 unspecified atom stereocenters. The summed E-state index contributed by atoms with van der Waals surface area (Å²) < 4.78 is 1.39. The van der Waals surface area contributed by atoms with E-state index in [0.29, 0.717) is 13.0 Å². The molecule has 3 heterocycles. The number of hydrogen-bond acceptors (Lipinski definition) is 5. The molecule has 2 N–H and O–H groups in total. The highest BCUT2D eigenvalue weighted by Gasteiger charge is 2.31. The van der Waals surface area contributed by atoms with Crippen molar-refractivity contribution in [2.45, 2.75) is 51.6 Å². The van der Waals surface area contributed by atoms with Gasteiger partial charge in [0.25, 0.3) is 17.0 Å². The minimum absolute atomic E-state index is 0.0561. The van der Waals surface area contributed by atoms with E-state index >= 15 is 0 Å². The van der Waals surface area contributed by atoms with Gasteiger partial charge in [-0.15, -0.1) is 0 Å². The molecule has 0 spiro atoms. The average Bonchev–Trinajstić information content (AvgIpc) is 3.02. The van der Waals surface area contributed by atoms with E-state index in [9.17, 15) is 19.2 Å². The van der Waals surface area contributed by atoms with Crippen LogP contribution in [-0.2, 0) is 12.0 Å². The van der Waals surface area contributed by atoms with Crippen LogP contribution in [0.15, 0.2) is 32.6 Å². The lowest BCUT2D eigenvalue weighted by Crippen LogP contribution is -2.42. The Hall–Kier alpha value is -2.97. The predicted molar refractivity (Wildman–Crippen MR) is 98.9 cm³/mol. The summed E-state index contributed by atoms with van der Waals surface area (Å²) >= 11 is 0. The van der Waals surface area contributed by atoms with Gasteiger partial charge in [0.2, 0.25) is 0 Å². The number of aromatic amines is 2. The number of nitrogens with zero attached hydrogens (tertiary/aromatic N) is 3. The first-order valence-corrected chi connectivity index (χ1v) is 8.88. The normalized spacial score (nSPS) is 17.3. The van der Waals surface area contributed by atoms with Crippen LogP contribution in [0, 0.1) is 0 Å². The summed E-state index contributed by atoms with van der Waals surface area (Å²) in [4.78, 5) is 53.9. The molecule has 2 aromatic heterocycles. The van der Waals surface area contributed by atoms with E-state index in [4.69, 9.17) is 0 Å². The number of nitrogens with one attached hydrogen (secondary N) is 2. The summed E-state index contributed by atoms with van der Waals surface area (Å²) in [5, 5.41) is 4.46. The molecule has 0 radical (unpaired) electrons. The lowest BCUT2D eigenvalue weighted by Gasteiger charge is -2.25. The highest BCUT2D eigenvalue weighted by atomic mass is 16.2. The second-order valence-corrected chi connectivity index (χ2v) is 7.78. The molecule has 1 saturated heterocycles. The lowest BCUT2D eigenvalue weighted by atomic mass is 9.92. The number of amides is 1. The zero-order valence-corrected chi connectivity index (χ0v) is 15.6. The summed E-state index contributed by atoms with van der Waals surface area (Å²) in [7, 11) is 0. The molecule has 0 aromatic carbocycles. The van der Waals surface area contributed by atoms with E-state index in [1.54, 1.807) is 11.0 Å². The van der Waals surface area contributed by atoms with Crippen LogP contribution in [0.4, 0.5) is 0 Å². The quantitative estimate of drug-likeness (QED) is 0.797. The first kappa shape index (κ1) is 18.8. The Labute approximate surface area is 155 Å². The number of carbonyl (C=O) groups excluding carboxylic acids is 1. The first-order valence-electron chi connectivity index (χ1n) is 8.88. The van der Waals surface area contributed by atoms with Crippen LogP contribution in [0.3, 0.4) is 0 Å². The van der Waals surface area contributed by atoms with Gasteiger partial charge in [0, 0.05) is 24.1 Å². The average molecular weight is 373 g/mol. The van der Waals surface area contributed by atoms with Crippen LogP contribution in [-0.4, -0.2) is 43.1 Å². The van der Waals surface area contributed by atoms with Gasteiger partial charge in [-0.25, -0.2) is 9.48 Å². The van der Waals surface area contributed by atoms with E-state index in [0.717, 1.165) is 18.2 Å². The van der Waals surface area contributed by atoms with Crippen molar-refractivity contribution in [3.8, 4) is 0 Å². The summed E-state index contributed by atoms with van der Waals surface area (Å²) in [6.45, 7) is 6.80. The molecule has 3 rings (SSSR count). The molecule has 1 aliphatic rings. The number of likely N-dealkylation sites (tertiary alicyclic amines) is 1. The molecular weight excluding hydrogens is 350 g/mol. The number of aromatic nitrogens is 4. The van der Waals surface area contributed by atoms with E-state index in [1.807, 2.05) is 25.8 Å². The van der Waals surface area contributed by atoms with E-state index in [-0.39, 0.29) is 29.3 Å². The van der Waals surface area contributed by atoms with Gasteiger partial charge in [-0.1, -0.05) is 20.8 Å². The van der Waals surface area contributed by atoms with E-state index < -0.39 is 17.2 Å². The van der Waals surface area contributed by atoms with Gasteiger partial charge in [-0.3, -0.25) is 19.4 Å². The molecule has 1 fully saturated rings. The highest BCUT2D eigenvalue weighted by Crippen LogP contribution is 2.21. The third-order valence-corrected chi connectivity index (χ3v) is 4.65. The Kier molecular flexibility index (Phi) is 4.86. The Balaban J connectivity index is 1.87. The standard InChI is InChI=1S/C18H23N5O4/c1-18(2,3)13-6-7-15(25)23(21-13)10-11-5-4-8-22(11)16(26)12-9-14(24)20-17(27)19-12/h6-7,9,11H,4-5,8,10H2,1-3H3,(H2,19,20,24,27). The minimum atomic E-state index is -0.725. The van der Waals surface area contributed by atoms with Crippen LogP contribution in [0.5, 0.6) is 0 Å². The maximum atomic E-state index is 12.8. The number of carbonyl (C=O) groups is 1. The maximum absolute atomic E-state index is 12.8. The van der Waals surface area contributed by atoms with Crippen molar-refractivity contribution >= 4 is 5.91 Å². The molecule has 0 saturated carbocycles. The monoisotopic (exact) mass is 373 g/mol. The van der Waals surface area contributed by atoms with Crippen molar-refractivity contribution in [3.05, 3.63) is 60.8 Å². The van der Waals surface area contributed by atoms with Crippen molar-refractivity contribution in [2.24, 2.45) is 0 Å². The molecule has 9 heteroatoms. The van der Waals surface area contributed by atoms with Gasteiger partial charge in [-0.2, -0.15) is 5.10 Å². The highest BCUT2D eigenvalue weighted by molar-refractivity contribution is 5.92. The fourth-order valence-corrected chi connectivity index (χ4v) is 3.21. The molecule has 1 atom stereocenters. The first-order chi connectivity index (χ1) is 12.6. The summed E-state index contributed by atoms with van der Waals surface area (Å²) in [6.07, 6.45) is 1.49. The van der Waals surface area contributed by atoms with Crippen LogP contribution in [0.25, 0.3) is 0 Å². The molecule has 9 nitrogen and oxygen atoms in total. The fraction of sp³-hybridized carbons (Fsp3) is 0.500. The number of hydrogen-bond donors (Lipinski definition) is 2. The molecule has 2 aromatic rings. The maximum Gasteiger partial charge on any atom is 0.326 e. The molecule has 1 amide bonds. The lowest BCUT2D eigenvalue weighted by molar-refractivity contribution is 0.0713. The Bertz CT molecular complexity index is 999. The van der Waals surface area contributed by atoms with Crippen molar-refractivity contribution in [3.63, 3.8) is 0 Å². The molecule has 144 valence electrons. The van der Waals surface area contributed by atoms with Gasteiger partial charge in [0.1, 0.15) is 5.69 Å². The third kappa shape index (κ3) is 4.07. The van der Waals surface area contributed by atoms with Crippen LogP contribution in [0.2, 0.25) is 0 Å². The Morgan fingerprint density at radius 2 is 1.96 bits per heavy atom. The van der Waals surface area contributed by atoms with Crippen molar-refractivity contribution in [2.75, 3.05) is 6.54 Å². The van der Waals surface area contributed by atoms with E-state index in [1.165, 1.54) is 10.7 Å².